The van der Waals surface area contributed by atoms with E-state index < -0.39 is 0 Å². The molecule has 0 fully saturated rings. The van der Waals surface area contributed by atoms with Gasteiger partial charge in [0.05, 0.1) is 5.52 Å². The van der Waals surface area contributed by atoms with E-state index in [2.05, 4.69) is 119 Å². The van der Waals surface area contributed by atoms with Crippen molar-refractivity contribution in [3.8, 4) is 0 Å². The first kappa shape index (κ1) is 21.6. The Kier molecular flexibility index (Phi) is 5.18. The summed E-state index contributed by atoms with van der Waals surface area (Å²) in [5.41, 5.74) is 10.6. The van der Waals surface area contributed by atoms with Crippen LogP contribution in [0.5, 0.6) is 0 Å². The van der Waals surface area contributed by atoms with Gasteiger partial charge in [0.15, 0.2) is 0 Å². The lowest BCUT2D eigenvalue weighted by Crippen LogP contribution is -2.56. The van der Waals surface area contributed by atoms with Crippen LogP contribution in [0, 0.1) is 27.7 Å². The number of aromatic nitrogens is 1. The third kappa shape index (κ3) is 3.44. The highest BCUT2D eigenvalue weighted by Gasteiger charge is 2.29. The third-order valence-corrected chi connectivity index (χ3v) is 7.62. The van der Waals surface area contributed by atoms with E-state index in [9.17, 15) is 0 Å². The van der Waals surface area contributed by atoms with Gasteiger partial charge in [-0.15, -0.1) is 0 Å². The molecule has 2 heteroatoms. The highest BCUT2D eigenvalue weighted by molar-refractivity contribution is 6.98. The van der Waals surface area contributed by atoms with Gasteiger partial charge in [-0.3, -0.25) is 4.98 Å². The maximum absolute atomic E-state index is 4.72. The number of aryl methyl sites for hydroxylation is 4. The molecule has 1 aromatic heterocycles. The van der Waals surface area contributed by atoms with Gasteiger partial charge >= 0.3 is 0 Å². The predicted molar refractivity (Wildman–Crippen MR) is 153 cm³/mol. The number of nitrogens with zero attached hydrogens (tertiary/aromatic N) is 1. The van der Waals surface area contributed by atoms with E-state index in [1.807, 2.05) is 6.20 Å². The number of hydrogen-bond donors (Lipinski definition) is 0. The minimum atomic E-state index is 0.159. The molecule has 0 saturated heterocycles. The second-order valence-electron chi connectivity index (χ2n) is 9.79. The van der Waals surface area contributed by atoms with E-state index in [0.29, 0.717) is 0 Å². The van der Waals surface area contributed by atoms with Gasteiger partial charge < -0.3 is 0 Å². The molecule has 0 unspecified atom stereocenters. The Balaban J connectivity index is 1.76. The van der Waals surface area contributed by atoms with Crippen LogP contribution in [0.25, 0.3) is 32.4 Å². The maximum Gasteiger partial charge on any atom is 0.243 e. The Labute approximate surface area is 207 Å². The Morgan fingerprint density at radius 3 is 1.74 bits per heavy atom. The first-order chi connectivity index (χ1) is 17.0. The lowest BCUT2D eigenvalue weighted by atomic mass is 9.33. The molecule has 0 amide bonds. The third-order valence-electron chi connectivity index (χ3n) is 7.62. The van der Waals surface area contributed by atoms with Gasteiger partial charge in [-0.25, -0.2) is 0 Å². The summed E-state index contributed by atoms with van der Waals surface area (Å²) in [5, 5.41) is 6.29. The van der Waals surface area contributed by atoms with Crippen LogP contribution in [0.3, 0.4) is 0 Å². The smallest absolute Gasteiger partial charge is 0.243 e. The summed E-state index contributed by atoms with van der Waals surface area (Å²) in [5.74, 6) is 0. The molecule has 168 valence electrons. The largest absolute Gasteiger partial charge is 0.256 e. The molecule has 0 aliphatic rings. The second kappa shape index (κ2) is 8.39. The SMILES string of the molecule is Cc1cccc(C)c1B(c1c(C)cccc1C)c1cccc2c1ccc1cnc3ccccc3c12. The highest BCUT2D eigenvalue weighted by Crippen LogP contribution is 2.30. The monoisotopic (exact) mass is 449 g/mol. The van der Waals surface area contributed by atoms with Crippen LogP contribution in [-0.4, -0.2) is 11.7 Å². The first-order valence-corrected chi connectivity index (χ1v) is 12.4. The minimum absolute atomic E-state index is 0.159. The van der Waals surface area contributed by atoms with Crippen LogP contribution in [0.15, 0.2) is 97.2 Å². The summed E-state index contributed by atoms with van der Waals surface area (Å²) in [6, 6.07) is 33.2. The molecule has 0 atom stereocenters. The summed E-state index contributed by atoms with van der Waals surface area (Å²) >= 11 is 0. The van der Waals surface area contributed by atoms with Crippen molar-refractivity contribution < 1.29 is 0 Å². The van der Waals surface area contributed by atoms with Crippen LogP contribution in [0.1, 0.15) is 22.3 Å². The molecule has 6 aromatic rings. The zero-order valence-electron chi connectivity index (χ0n) is 20.8. The standard InChI is InChI=1S/C33H28BN/c1-21-10-7-11-22(2)32(21)34(33-23(3)12-8-13-24(33)4)29-16-9-15-27-26(29)19-18-25-20-35-30-17-6-5-14-28(30)31(25)27/h5-20H,1-4H3. The van der Waals surface area contributed by atoms with E-state index >= 15 is 0 Å². The van der Waals surface area contributed by atoms with Crippen molar-refractivity contribution in [3.05, 3.63) is 119 Å². The van der Waals surface area contributed by atoms with Gasteiger partial charge in [-0.05, 0) is 44.5 Å². The van der Waals surface area contributed by atoms with Crippen molar-refractivity contribution >= 4 is 55.5 Å². The molecule has 0 N–H and O–H groups in total. The fraction of sp³-hybridized carbons (Fsp3) is 0.121. The molecule has 0 saturated carbocycles. The highest BCUT2D eigenvalue weighted by atomic mass is 14.6. The fourth-order valence-electron chi connectivity index (χ4n) is 6.02. The van der Waals surface area contributed by atoms with Gasteiger partial charge in [0.1, 0.15) is 0 Å². The molecule has 35 heavy (non-hydrogen) atoms. The molecule has 5 aromatic carbocycles. The molecular weight excluding hydrogens is 421 g/mol. The van der Waals surface area contributed by atoms with E-state index in [4.69, 9.17) is 4.98 Å². The van der Waals surface area contributed by atoms with E-state index in [-0.39, 0.29) is 6.71 Å². The zero-order chi connectivity index (χ0) is 24.1. The Morgan fingerprint density at radius 2 is 1.09 bits per heavy atom. The summed E-state index contributed by atoms with van der Waals surface area (Å²) in [7, 11) is 0. The number of para-hydroxylation sites is 1. The van der Waals surface area contributed by atoms with Gasteiger partial charge in [-0.1, -0.05) is 124 Å². The quantitative estimate of drug-likeness (QED) is 0.229. The Bertz CT molecular complexity index is 1660. The number of fused-ring (bicyclic) bond motifs is 5. The number of pyridine rings is 1. The van der Waals surface area contributed by atoms with Crippen LogP contribution in [0.2, 0.25) is 0 Å². The molecule has 1 nitrogen and oxygen atoms in total. The van der Waals surface area contributed by atoms with Crippen LogP contribution in [0.4, 0.5) is 0 Å². The number of rotatable bonds is 3. The van der Waals surface area contributed by atoms with Crippen molar-refractivity contribution in [2.24, 2.45) is 0 Å². The van der Waals surface area contributed by atoms with E-state index in [1.54, 1.807) is 0 Å². The first-order valence-electron chi connectivity index (χ1n) is 12.4. The average Bonchev–Trinajstić information content (AvgIpc) is 2.86. The predicted octanol–water partition coefficient (Wildman–Crippen LogP) is 6.29. The summed E-state index contributed by atoms with van der Waals surface area (Å²) in [6.45, 7) is 9.17. The van der Waals surface area contributed by atoms with Crippen LogP contribution < -0.4 is 16.4 Å². The summed E-state index contributed by atoms with van der Waals surface area (Å²) in [4.78, 5) is 4.72. The lowest BCUT2D eigenvalue weighted by molar-refractivity contribution is 1.41. The molecular formula is C33H28BN. The zero-order valence-corrected chi connectivity index (χ0v) is 20.8. The van der Waals surface area contributed by atoms with Crippen molar-refractivity contribution in [3.63, 3.8) is 0 Å². The normalized spacial score (nSPS) is 11.4. The molecule has 0 aliphatic carbocycles. The molecule has 0 aliphatic heterocycles. The minimum Gasteiger partial charge on any atom is -0.256 e. The summed E-state index contributed by atoms with van der Waals surface area (Å²) in [6.07, 6.45) is 2.01. The van der Waals surface area contributed by atoms with Gasteiger partial charge in [0.25, 0.3) is 0 Å². The number of hydrogen-bond acceptors (Lipinski definition) is 1. The van der Waals surface area contributed by atoms with Crippen molar-refractivity contribution in [1.82, 2.24) is 4.98 Å². The van der Waals surface area contributed by atoms with Crippen molar-refractivity contribution in [2.75, 3.05) is 0 Å². The molecule has 0 radical (unpaired) electrons. The lowest BCUT2D eigenvalue weighted by Gasteiger charge is -2.25. The van der Waals surface area contributed by atoms with Gasteiger partial charge in [0, 0.05) is 22.4 Å². The van der Waals surface area contributed by atoms with Crippen LogP contribution in [-0.2, 0) is 0 Å². The van der Waals surface area contributed by atoms with E-state index in [0.717, 1.165) is 5.52 Å². The average molecular weight is 449 g/mol. The second-order valence-corrected chi connectivity index (χ2v) is 9.79. The van der Waals surface area contributed by atoms with Crippen molar-refractivity contribution in [2.45, 2.75) is 27.7 Å². The Morgan fingerprint density at radius 1 is 0.514 bits per heavy atom. The summed E-state index contributed by atoms with van der Waals surface area (Å²) < 4.78 is 0. The molecule has 1 heterocycles. The topological polar surface area (TPSA) is 12.9 Å². The van der Waals surface area contributed by atoms with E-state index in [1.165, 1.54) is 65.6 Å². The number of benzene rings is 5. The maximum atomic E-state index is 4.72. The Hall–Kier alpha value is -3.91. The van der Waals surface area contributed by atoms with Gasteiger partial charge in [-0.2, -0.15) is 0 Å². The van der Waals surface area contributed by atoms with Crippen molar-refractivity contribution in [1.29, 1.82) is 0 Å². The van der Waals surface area contributed by atoms with Gasteiger partial charge in [0.2, 0.25) is 6.71 Å². The molecule has 0 spiro atoms. The molecule has 6 rings (SSSR count). The van der Waals surface area contributed by atoms with Crippen LogP contribution >= 0.6 is 0 Å². The fourth-order valence-corrected chi connectivity index (χ4v) is 6.02. The molecule has 0 bridgehead atoms.